The Balaban J connectivity index is 1.79. The largest absolute Gasteiger partial charge is 0.327 e. The van der Waals surface area contributed by atoms with Gasteiger partial charge in [-0.3, -0.25) is 0 Å². The van der Waals surface area contributed by atoms with Crippen LogP contribution in [0.3, 0.4) is 0 Å². The lowest BCUT2D eigenvalue weighted by atomic mass is 10.0. The van der Waals surface area contributed by atoms with Crippen molar-refractivity contribution in [3.05, 3.63) is 57.8 Å². The third-order valence-corrected chi connectivity index (χ3v) is 4.01. The minimum atomic E-state index is -0.549. The zero-order chi connectivity index (χ0) is 13.7. The molecular formula is C15H17F2NS. The molecule has 0 amide bonds. The molecule has 2 aromatic rings. The van der Waals surface area contributed by atoms with Crippen LogP contribution >= 0.6 is 11.3 Å². The highest BCUT2D eigenvalue weighted by Crippen LogP contribution is 2.15. The molecule has 19 heavy (non-hydrogen) atoms. The first-order valence-corrected chi connectivity index (χ1v) is 7.25. The Morgan fingerprint density at radius 3 is 2.74 bits per heavy atom. The SMILES string of the molecule is NC(CCCc1cccs1)Cc1ccc(F)cc1F. The number of thiophene rings is 1. The molecule has 0 aliphatic carbocycles. The van der Waals surface area contributed by atoms with Crippen molar-refractivity contribution in [2.24, 2.45) is 5.73 Å². The molecule has 0 spiro atoms. The molecule has 0 aliphatic heterocycles. The molecule has 1 aromatic carbocycles. The second-order valence-corrected chi connectivity index (χ2v) is 5.70. The summed E-state index contributed by atoms with van der Waals surface area (Å²) in [4.78, 5) is 1.35. The van der Waals surface area contributed by atoms with Crippen molar-refractivity contribution < 1.29 is 8.78 Å². The molecule has 1 nitrogen and oxygen atoms in total. The molecule has 102 valence electrons. The summed E-state index contributed by atoms with van der Waals surface area (Å²) in [5.41, 5.74) is 6.49. The van der Waals surface area contributed by atoms with E-state index in [9.17, 15) is 8.78 Å². The summed E-state index contributed by atoms with van der Waals surface area (Å²) in [7, 11) is 0. The minimum Gasteiger partial charge on any atom is -0.327 e. The van der Waals surface area contributed by atoms with Gasteiger partial charge in [-0.15, -0.1) is 11.3 Å². The first kappa shape index (κ1) is 14.2. The number of halogens is 2. The highest BCUT2D eigenvalue weighted by molar-refractivity contribution is 7.09. The van der Waals surface area contributed by atoms with Gasteiger partial charge in [-0.1, -0.05) is 12.1 Å². The van der Waals surface area contributed by atoms with Crippen molar-refractivity contribution in [3.63, 3.8) is 0 Å². The second kappa shape index (κ2) is 6.78. The number of nitrogens with two attached hydrogens (primary N) is 1. The standard InChI is InChI=1S/C15H17F2NS/c16-12-7-6-11(15(17)10-12)9-13(18)3-1-4-14-5-2-8-19-14/h2,5-8,10,13H,1,3-4,9,18H2. The smallest absolute Gasteiger partial charge is 0.129 e. The van der Waals surface area contributed by atoms with Crippen LogP contribution in [0.25, 0.3) is 0 Å². The molecule has 1 aromatic heterocycles. The maximum atomic E-state index is 13.5. The van der Waals surface area contributed by atoms with Crippen molar-refractivity contribution >= 4 is 11.3 Å². The summed E-state index contributed by atoms with van der Waals surface area (Å²) in [5, 5.41) is 2.06. The Bertz CT molecular complexity index is 511. The Hall–Kier alpha value is -1.26. The van der Waals surface area contributed by atoms with E-state index in [-0.39, 0.29) is 6.04 Å². The van der Waals surface area contributed by atoms with Gasteiger partial charge in [0.05, 0.1) is 0 Å². The molecule has 2 rings (SSSR count). The molecule has 0 saturated carbocycles. The number of rotatable bonds is 6. The average molecular weight is 281 g/mol. The summed E-state index contributed by atoms with van der Waals surface area (Å²) >= 11 is 1.74. The van der Waals surface area contributed by atoms with E-state index in [1.54, 1.807) is 11.3 Å². The van der Waals surface area contributed by atoms with E-state index in [2.05, 4.69) is 11.4 Å². The molecule has 1 atom stereocenters. The van der Waals surface area contributed by atoms with Gasteiger partial charge in [-0.05, 0) is 48.8 Å². The van der Waals surface area contributed by atoms with E-state index in [1.807, 2.05) is 6.07 Å². The summed E-state index contributed by atoms with van der Waals surface area (Å²) in [6, 6.07) is 7.72. The highest BCUT2D eigenvalue weighted by Gasteiger charge is 2.09. The lowest BCUT2D eigenvalue weighted by molar-refractivity contribution is 0.540. The Labute approximate surface area is 116 Å². The Morgan fingerprint density at radius 2 is 2.05 bits per heavy atom. The van der Waals surface area contributed by atoms with Gasteiger partial charge >= 0.3 is 0 Å². The topological polar surface area (TPSA) is 26.0 Å². The van der Waals surface area contributed by atoms with Crippen molar-refractivity contribution in [1.82, 2.24) is 0 Å². The monoisotopic (exact) mass is 281 g/mol. The normalized spacial score (nSPS) is 12.6. The van der Waals surface area contributed by atoms with E-state index in [0.717, 1.165) is 25.3 Å². The molecule has 0 fully saturated rings. The quantitative estimate of drug-likeness (QED) is 0.853. The van der Waals surface area contributed by atoms with E-state index >= 15 is 0 Å². The fourth-order valence-corrected chi connectivity index (χ4v) is 2.82. The van der Waals surface area contributed by atoms with Crippen LogP contribution in [-0.2, 0) is 12.8 Å². The van der Waals surface area contributed by atoms with Gasteiger partial charge in [0.1, 0.15) is 11.6 Å². The van der Waals surface area contributed by atoms with Gasteiger partial charge in [0.25, 0.3) is 0 Å². The van der Waals surface area contributed by atoms with Crippen LogP contribution in [-0.4, -0.2) is 6.04 Å². The van der Waals surface area contributed by atoms with Gasteiger partial charge in [0, 0.05) is 17.0 Å². The van der Waals surface area contributed by atoms with Crippen LogP contribution < -0.4 is 5.73 Å². The van der Waals surface area contributed by atoms with Gasteiger partial charge in [-0.25, -0.2) is 8.78 Å². The van der Waals surface area contributed by atoms with Crippen molar-refractivity contribution in [1.29, 1.82) is 0 Å². The summed E-state index contributed by atoms with van der Waals surface area (Å²) in [6.07, 6.45) is 3.30. The van der Waals surface area contributed by atoms with Crippen LogP contribution in [0.4, 0.5) is 8.78 Å². The molecule has 0 saturated heterocycles. The van der Waals surface area contributed by atoms with Crippen LogP contribution in [0.1, 0.15) is 23.3 Å². The first-order chi connectivity index (χ1) is 9.15. The fraction of sp³-hybridized carbons (Fsp3) is 0.333. The Morgan fingerprint density at radius 1 is 1.21 bits per heavy atom. The van der Waals surface area contributed by atoms with E-state index in [1.165, 1.54) is 17.0 Å². The van der Waals surface area contributed by atoms with E-state index in [4.69, 9.17) is 5.73 Å². The first-order valence-electron chi connectivity index (χ1n) is 6.37. The van der Waals surface area contributed by atoms with Gasteiger partial charge < -0.3 is 5.73 Å². The molecule has 1 heterocycles. The van der Waals surface area contributed by atoms with Crippen LogP contribution in [0, 0.1) is 11.6 Å². The van der Waals surface area contributed by atoms with Gasteiger partial charge in [0.2, 0.25) is 0 Å². The van der Waals surface area contributed by atoms with Gasteiger partial charge in [-0.2, -0.15) is 0 Å². The maximum Gasteiger partial charge on any atom is 0.129 e. The minimum absolute atomic E-state index is 0.0834. The van der Waals surface area contributed by atoms with Gasteiger partial charge in [0.15, 0.2) is 0 Å². The second-order valence-electron chi connectivity index (χ2n) is 4.67. The van der Waals surface area contributed by atoms with Crippen LogP contribution in [0.2, 0.25) is 0 Å². The number of hydrogen-bond acceptors (Lipinski definition) is 2. The molecule has 0 aliphatic rings. The number of hydrogen-bond donors (Lipinski definition) is 1. The van der Waals surface area contributed by atoms with Crippen molar-refractivity contribution in [3.8, 4) is 0 Å². The zero-order valence-corrected chi connectivity index (χ0v) is 11.4. The summed E-state index contributed by atoms with van der Waals surface area (Å²) < 4.78 is 26.2. The molecule has 1 unspecified atom stereocenters. The van der Waals surface area contributed by atoms with E-state index < -0.39 is 11.6 Å². The van der Waals surface area contributed by atoms with Crippen LogP contribution in [0.15, 0.2) is 35.7 Å². The predicted octanol–water partition coefficient (Wildman–Crippen LogP) is 3.92. The number of benzene rings is 1. The van der Waals surface area contributed by atoms with E-state index in [0.29, 0.717) is 12.0 Å². The number of aryl methyl sites for hydroxylation is 1. The lowest BCUT2D eigenvalue weighted by Crippen LogP contribution is -2.23. The molecule has 2 N–H and O–H groups in total. The Kier molecular flexibility index (Phi) is 5.05. The maximum absolute atomic E-state index is 13.5. The zero-order valence-electron chi connectivity index (χ0n) is 10.6. The van der Waals surface area contributed by atoms with Crippen molar-refractivity contribution in [2.45, 2.75) is 31.7 Å². The summed E-state index contributed by atoms with van der Waals surface area (Å²) in [6.45, 7) is 0. The fourth-order valence-electron chi connectivity index (χ4n) is 2.07. The average Bonchev–Trinajstić information content (AvgIpc) is 2.86. The molecule has 0 radical (unpaired) electrons. The third-order valence-electron chi connectivity index (χ3n) is 3.08. The third kappa shape index (κ3) is 4.40. The molecular weight excluding hydrogens is 264 g/mol. The lowest BCUT2D eigenvalue weighted by Gasteiger charge is -2.12. The highest BCUT2D eigenvalue weighted by atomic mass is 32.1. The predicted molar refractivity (Wildman–Crippen MR) is 75.3 cm³/mol. The van der Waals surface area contributed by atoms with Crippen molar-refractivity contribution in [2.75, 3.05) is 0 Å². The van der Waals surface area contributed by atoms with Crippen LogP contribution in [0.5, 0.6) is 0 Å². The summed E-state index contributed by atoms with van der Waals surface area (Å²) in [5.74, 6) is -1.05. The molecule has 0 bridgehead atoms. The molecule has 4 heteroatoms.